The maximum Gasteiger partial charge on any atom is 0.256 e. The Morgan fingerprint density at radius 2 is 1.69 bits per heavy atom. The molecule has 6 nitrogen and oxygen atoms in total. The van der Waals surface area contributed by atoms with Crippen LogP contribution in [0.5, 0.6) is 0 Å². The molecule has 0 aliphatic rings. The predicted octanol–water partition coefficient (Wildman–Crippen LogP) is 4.51. The Kier molecular flexibility index (Phi) is 5.31. The van der Waals surface area contributed by atoms with Crippen molar-refractivity contribution in [1.82, 2.24) is 14.5 Å². The van der Waals surface area contributed by atoms with E-state index in [9.17, 15) is 9.59 Å². The molecule has 0 saturated carbocycles. The van der Waals surface area contributed by atoms with E-state index in [4.69, 9.17) is 0 Å². The number of carbonyl (C=O) groups excluding carboxylic acids is 2. The second kappa shape index (κ2) is 8.20. The summed E-state index contributed by atoms with van der Waals surface area (Å²) in [7, 11) is 0. The van der Waals surface area contributed by atoms with E-state index in [-0.39, 0.29) is 11.7 Å². The van der Waals surface area contributed by atoms with Crippen molar-refractivity contribution < 1.29 is 9.59 Å². The van der Waals surface area contributed by atoms with Gasteiger partial charge in [-0.25, -0.2) is 9.97 Å². The molecule has 0 radical (unpaired) electrons. The van der Waals surface area contributed by atoms with E-state index in [0.717, 1.165) is 4.47 Å². The number of benzene rings is 2. The fourth-order valence-electron chi connectivity index (χ4n) is 2.84. The molecule has 4 aromatic rings. The van der Waals surface area contributed by atoms with Gasteiger partial charge in [0.15, 0.2) is 5.78 Å². The number of imidazole rings is 1. The van der Waals surface area contributed by atoms with Crippen molar-refractivity contribution in [2.24, 2.45) is 0 Å². The quantitative estimate of drug-likeness (QED) is 0.457. The number of carbonyl (C=O) groups is 2. The third-order valence-corrected chi connectivity index (χ3v) is 4.83. The highest BCUT2D eigenvalue weighted by molar-refractivity contribution is 9.10. The molecule has 142 valence electrons. The molecule has 0 aliphatic heterocycles. The Hall–Kier alpha value is -3.58. The highest BCUT2D eigenvalue weighted by Gasteiger charge is 2.18. The number of amides is 1. The Balaban J connectivity index is 1.56. The van der Waals surface area contributed by atoms with Crippen LogP contribution in [0.15, 0.2) is 90.1 Å². The van der Waals surface area contributed by atoms with Gasteiger partial charge in [0.2, 0.25) is 0 Å². The minimum absolute atomic E-state index is 0.211. The minimum Gasteiger partial charge on any atom is -0.321 e. The van der Waals surface area contributed by atoms with Crippen LogP contribution in [0.3, 0.4) is 0 Å². The van der Waals surface area contributed by atoms with Crippen LogP contribution in [0.4, 0.5) is 5.69 Å². The Morgan fingerprint density at radius 1 is 0.931 bits per heavy atom. The zero-order valence-electron chi connectivity index (χ0n) is 15.1. The average molecular weight is 447 g/mol. The highest BCUT2D eigenvalue weighted by Crippen LogP contribution is 2.19. The predicted molar refractivity (Wildman–Crippen MR) is 113 cm³/mol. The first-order chi connectivity index (χ1) is 14.1. The maximum atomic E-state index is 12.9. The number of anilines is 1. The Bertz CT molecular complexity index is 1150. The Labute approximate surface area is 175 Å². The third kappa shape index (κ3) is 4.14. The molecule has 2 aromatic heterocycles. The number of hydrogen-bond donors (Lipinski definition) is 1. The summed E-state index contributed by atoms with van der Waals surface area (Å²) in [6.07, 6.45) is 6.65. The summed E-state index contributed by atoms with van der Waals surface area (Å²) in [5.74, 6) is 0.103. The van der Waals surface area contributed by atoms with Crippen LogP contribution >= 0.6 is 15.9 Å². The summed E-state index contributed by atoms with van der Waals surface area (Å²) >= 11 is 3.36. The van der Waals surface area contributed by atoms with Gasteiger partial charge in [-0.15, -0.1) is 0 Å². The van der Waals surface area contributed by atoms with E-state index in [2.05, 4.69) is 31.2 Å². The molecule has 0 saturated heterocycles. The first-order valence-corrected chi connectivity index (χ1v) is 9.56. The number of halogens is 1. The lowest BCUT2D eigenvalue weighted by atomic mass is 9.98. The monoisotopic (exact) mass is 446 g/mol. The van der Waals surface area contributed by atoms with Crippen LogP contribution in [0.1, 0.15) is 26.3 Å². The van der Waals surface area contributed by atoms with Crippen LogP contribution in [-0.2, 0) is 0 Å². The molecule has 0 unspecified atom stereocenters. The number of ketones is 1. The lowest BCUT2D eigenvalue weighted by Gasteiger charge is -2.10. The zero-order chi connectivity index (χ0) is 20.2. The second-order valence-electron chi connectivity index (χ2n) is 6.21. The Morgan fingerprint density at radius 3 is 2.34 bits per heavy atom. The van der Waals surface area contributed by atoms with Crippen molar-refractivity contribution in [2.75, 3.05) is 5.32 Å². The van der Waals surface area contributed by atoms with E-state index in [1.54, 1.807) is 90.1 Å². The topological polar surface area (TPSA) is 76.9 Å². The van der Waals surface area contributed by atoms with E-state index in [0.29, 0.717) is 28.2 Å². The van der Waals surface area contributed by atoms with Gasteiger partial charge in [-0.05, 0) is 42.5 Å². The smallest absolute Gasteiger partial charge is 0.256 e. The van der Waals surface area contributed by atoms with E-state index < -0.39 is 0 Å². The molecule has 1 N–H and O–H groups in total. The fraction of sp³-hybridized carbons (Fsp3) is 0. The number of pyridine rings is 1. The lowest BCUT2D eigenvalue weighted by molar-refractivity contribution is 0.0996. The van der Waals surface area contributed by atoms with Crippen LogP contribution in [-0.4, -0.2) is 26.2 Å². The van der Waals surface area contributed by atoms with Crippen LogP contribution in [0.25, 0.3) is 5.82 Å². The van der Waals surface area contributed by atoms with Gasteiger partial charge in [0, 0.05) is 28.0 Å². The van der Waals surface area contributed by atoms with Gasteiger partial charge < -0.3 is 5.32 Å². The molecule has 0 bridgehead atoms. The minimum atomic E-state index is -0.372. The van der Waals surface area contributed by atoms with E-state index in [1.165, 1.54) is 0 Å². The van der Waals surface area contributed by atoms with E-state index in [1.807, 2.05) is 0 Å². The van der Waals surface area contributed by atoms with Crippen molar-refractivity contribution in [1.29, 1.82) is 0 Å². The largest absolute Gasteiger partial charge is 0.321 e. The van der Waals surface area contributed by atoms with Crippen LogP contribution in [0, 0.1) is 0 Å². The summed E-state index contributed by atoms with van der Waals surface area (Å²) in [5, 5.41) is 2.80. The molecular weight excluding hydrogens is 432 g/mol. The molecule has 1 amide bonds. The van der Waals surface area contributed by atoms with Gasteiger partial charge in [0.1, 0.15) is 12.1 Å². The molecule has 4 rings (SSSR count). The standard InChI is InChI=1S/C22H15BrN4O2/c23-16-7-5-15(6-8-16)21(28)18-3-1-2-4-19(18)22(29)26-17-9-10-20(25-13-17)27-12-11-24-14-27/h1-14H,(H,26,29). The molecule has 0 aliphatic carbocycles. The molecule has 0 spiro atoms. The van der Waals surface area contributed by atoms with Gasteiger partial charge in [-0.3, -0.25) is 14.2 Å². The number of hydrogen-bond acceptors (Lipinski definition) is 4. The van der Waals surface area contributed by atoms with Crippen molar-refractivity contribution >= 4 is 33.3 Å². The van der Waals surface area contributed by atoms with Crippen molar-refractivity contribution in [3.63, 3.8) is 0 Å². The third-order valence-electron chi connectivity index (χ3n) is 4.30. The lowest BCUT2D eigenvalue weighted by Crippen LogP contribution is -2.17. The molecule has 7 heteroatoms. The van der Waals surface area contributed by atoms with Gasteiger partial charge in [0.05, 0.1) is 17.4 Å². The van der Waals surface area contributed by atoms with Gasteiger partial charge in [-0.2, -0.15) is 0 Å². The fourth-order valence-corrected chi connectivity index (χ4v) is 3.11. The summed E-state index contributed by atoms with van der Waals surface area (Å²) in [6.45, 7) is 0. The SMILES string of the molecule is O=C(Nc1ccc(-n2ccnc2)nc1)c1ccccc1C(=O)c1ccc(Br)cc1. The van der Waals surface area contributed by atoms with Crippen LogP contribution < -0.4 is 5.32 Å². The number of rotatable bonds is 5. The average Bonchev–Trinajstić information content (AvgIpc) is 3.29. The summed E-state index contributed by atoms with van der Waals surface area (Å²) < 4.78 is 2.64. The van der Waals surface area contributed by atoms with Crippen molar-refractivity contribution in [3.05, 3.63) is 107 Å². The van der Waals surface area contributed by atoms with Gasteiger partial charge >= 0.3 is 0 Å². The first-order valence-electron chi connectivity index (χ1n) is 8.77. The number of nitrogens with zero attached hydrogens (tertiary/aromatic N) is 3. The molecular formula is C22H15BrN4O2. The molecule has 0 fully saturated rings. The summed E-state index contributed by atoms with van der Waals surface area (Å²) in [6, 6.07) is 17.3. The summed E-state index contributed by atoms with van der Waals surface area (Å²) in [4.78, 5) is 34.0. The van der Waals surface area contributed by atoms with Crippen molar-refractivity contribution in [2.45, 2.75) is 0 Å². The second-order valence-corrected chi connectivity index (χ2v) is 7.13. The maximum absolute atomic E-state index is 12.9. The van der Waals surface area contributed by atoms with Gasteiger partial charge in [-0.1, -0.05) is 34.1 Å². The molecule has 0 atom stereocenters. The first kappa shape index (κ1) is 18.8. The highest BCUT2D eigenvalue weighted by atomic mass is 79.9. The molecule has 2 heterocycles. The summed E-state index contributed by atoms with van der Waals surface area (Å²) in [5.41, 5.74) is 1.69. The van der Waals surface area contributed by atoms with E-state index >= 15 is 0 Å². The molecule has 29 heavy (non-hydrogen) atoms. The zero-order valence-corrected chi connectivity index (χ0v) is 16.7. The van der Waals surface area contributed by atoms with Crippen molar-refractivity contribution in [3.8, 4) is 5.82 Å². The molecule has 2 aromatic carbocycles. The van der Waals surface area contributed by atoms with Crippen LogP contribution in [0.2, 0.25) is 0 Å². The number of aromatic nitrogens is 3. The van der Waals surface area contributed by atoms with Gasteiger partial charge in [0.25, 0.3) is 5.91 Å². The normalized spacial score (nSPS) is 10.5. The number of nitrogens with one attached hydrogen (secondary N) is 1.